The number of hydrogen-bond donors (Lipinski definition) is 0. The summed E-state index contributed by atoms with van der Waals surface area (Å²) in [5, 5.41) is 23.5. The van der Waals surface area contributed by atoms with Crippen molar-refractivity contribution in [3.63, 3.8) is 0 Å². The summed E-state index contributed by atoms with van der Waals surface area (Å²) in [6, 6.07) is 7.76. The highest BCUT2D eigenvalue weighted by molar-refractivity contribution is 6.02. The van der Waals surface area contributed by atoms with Crippen molar-refractivity contribution < 1.29 is 23.3 Å². The number of nitrogens with zero attached hydrogens (tertiary/aromatic N) is 7. The number of aryl methyl sites for hydroxylation is 1. The smallest absolute Gasteiger partial charge is 0.400 e. The molecule has 1 aliphatic rings. The lowest BCUT2D eigenvalue weighted by Gasteiger charge is -2.13. The molecule has 0 bridgehead atoms. The number of carbonyl (C=O) groups excluding carboxylic acids is 2. The highest BCUT2D eigenvalue weighted by atomic mass is 19.1. The largest absolute Gasteiger partial charge is 0.433 e. The number of hydrazone groups is 1. The van der Waals surface area contributed by atoms with Crippen molar-refractivity contribution in [2.45, 2.75) is 13.0 Å². The van der Waals surface area contributed by atoms with E-state index in [1.54, 1.807) is 23.0 Å². The van der Waals surface area contributed by atoms with Crippen LogP contribution < -0.4 is 0 Å². The van der Waals surface area contributed by atoms with Gasteiger partial charge in [-0.2, -0.15) is 5.10 Å². The number of urea groups is 1. The second kappa shape index (κ2) is 8.75. The maximum absolute atomic E-state index is 13.0. The van der Waals surface area contributed by atoms with Crippen molar-refractivity contribution in [1.82, 2.24) is 24.9 Å². The molecule has 164 valence electrons. The first kappa shape index (κ1) is 20.8. The molecular formula is C19H16FN7O5. The number of aromatic nitrogens is 3. The van der Waals surface area contributed by atoms with E-state index in [2.05, 4.69) is 15.4 Å². The fourth-order valence-corrected chi connectivity index (χ4v) is 3.03. The number of carbonyl (C=O) groups is 2. The molecule has 1 aliphatic heterocycles. The van der Waals surface area contributed by atoms with Gasteiger partial charge in [0.05, 0.1) is 18.5 Å². The Hall–Kier alpha value is -4.42. The minimum absolute atomic E-state index is 0.0820. The summed E-state index contributed by atoms with van der Waals surface area (Å²) < 4.78 is 19.5. The number of halogens is 1. The average molecular weight is 441 g/mol. The van der Waals surface area contributed by atoms with Crippen LogP contribution in [0.1, 0.15) is 12.2 Å². The third-order valence-electron chi connectivity index (χ3n) is 4.60. The molecule has 3 aromatic rings. The molecule has 0 spiro atoms. The van der Waals surface area contributed by atoms with Gasteiger partial charge in [0, 0.05) is 18.7 Å². The van der Waals surface area contributed by atoms with Crippen molar-refractivity contribution in [1.29, 1.82) is 0 Å². The summed E-state index contributed by atoms with van der Waals surface area (Å²) in [5.74, 6) is -1.13. The van der Waals surface area contributed by atoms with Crippen molar-refractivity contribution in [2.24, 2.45) is 5.10 Å². The van der Waals surface area contributed by atoms with Gasteiger partial charge in [-0.1, -0.05) is 5.21 Å². The van der Waals surface area contributed by atoms with Gasteiger partial charge in [0.1, 0.15) is 23.0 Å². The van der Waals surface area contributed by atoms with E-state index in [0.717, 1.165) is 27.8 Å². The Morgan fingerprint density at radius 1 is 1.19 bits per heavy atom. The van der Waals surface area contributed by atoms with Crippen LogP contribution in [0.4, 0.5) is 15.1 Å². The molecule has 0 N–H and O–H groups in total. The van der Waals surface area contributed by atoms with Gasteiger partial charge in [-0.15, -0.1) is 5.10 Å². The lowest BCUT2D eigenvalue weighted by atomic mass is 10.2. The first-order valence-corrected chi connectivity index (χ1v) is 9.47. The molecule has 0 unspecified atom stereocenters. The zero-order valence-electron chi connectivity index (χ0n) is 16.5. The van der Waals surface area contributed by atoms with Crippen LogP contribution in [-0.4, -0.2) is 61.1 Å². The van der Waals surface area contributed by atoms with Crippen LogP contribution in [0.5, 0.6) is 0 Å². The molecule has 4 rings (SSSR count). The minimum atomic E-state index is -0.693. The maximum Gasteiger partial charge on any atom is 0.433 e. The van der Waals surface area contributed by atoms with Crippen LogP contribution in [0.2, 0.25) is 0 Å². The molecule has 32 heavy (non-hydrogen) atoms. The van der Waals surface area contributed by atoms with E-state index in [1.165, 1.54) is 18.2 Å². The van der Waals surface area contributed by atoms with Gasteiger partial charge >= 0.3 is 11.9 Å². The molecule has 0 atom stereocenters. The molecule has 12 nitrogen and oxygen atoms in total. The van der Waals surface area contributed by atoms with Gasteiger partial charge in [0.25, 0.3) is 5.91 Å². The summed E-state index contributed by atoms with van der Waals surface area (Å²) in [6.45, 7) is 0.322. The lowest BCUT2D eigenvalue weighted by molar-refractivity contribution is -0.402. The van der Waals surface area contributed by atoms with E-state index < -0.39 is 22.7 Å². The first-order valence-electron chi connectivity index (χ1n) is 9.47. The molecule has 3 amide bonds. The van der Waals surface area contributed by atoms with Crippen molar-refractivity contribution in [3.05, 3.63) is 64.3 Å². The SMILES string of the molecule is O=C1CN(/N=C/c2ccc([N+](=O)[O-])o2)C(=O)N1CCCn1cc(-c2ccc(F)cc2)nn1. The van der Waals surface area contributed by atoms with E-state index in [9.17, 15) is 24.1 Å². The van der Waals surface area contributed by atoms with Gasteiger partial charge in [0.2, 0.25) is 0 Å². The maximum atomic E-state index is 13.0. The molecular weight excluding hydrogens is 425 g/mol. The van der Waals surface area contributed by atoms with Crippen LogP contribution in [0, 0.1) is 15.9 Å². The average Bonchev–Trinajstić information content (AvgIpc) is 3.49. The van der Waals surface area contributed by atoms with E-state index in [1.807, 2.05) is 0 Å². The van der Waals surface area contributed by atoms with Crippen molar-refractivity contribution in [3.8, 4) is 11.3 Å². The highest BCUT2D eigenvalue weighted by Crippen LogP contribution is 2.17. The summed E-state index contributed by atoms with van der Waals surface area (Å²) in [6.07, 6.45) is 3.26. The Morgan fingerprint density at radius 3 is 2.69 bits per heavy atom. The number of imide groups is 1. The fraction of sp³-hybridized carbons (Fsp3) is 0.211. The van der Waals surface area contributed by atoms with E-state index in [0.29, 0.717) is 18.7 Å². The number of nitro groups is 1. The molecule has 0 radical (unpaired) electrons. The molecule has 0 aliphatic carbocycles. The van der Waals surface area contributed by atoms with Crippen LogP contribution in [0.15, 0.2) is 52.1 Å². The quantitative estimate of drug-likeness (QED) is 0.226. The van der Waals surface area contributed by atoms with Crippen molar-refractivity contribution >= 4 is 24.0 Å². The highest BCUT2D eigenvalue weighted by Gasteiger charge is 2.35. The second-order valence-electron chi connectivity index (χ2n) is 6.79. The van der Waals surface area contributed by atoms with Crippen LogP contribution in [0.3, 0.4) is 0 Å². The minimum Gasteiger partial charge on any atom is -0.400 e. The normalized spacial score (nSPS) is 14.2. The molecule has 1 aromatic carbocycles. The van der Waals surface area contributed by atoms with Crippen LogP contribution in [-0.2, 0) is 11.3 Å². The number of benzene rings is 1. The number of furan rings is 1. The Balaban J connectivity index is 1.30. The van der Waals surface area contributed by atoms with Gasteiger partial charge in [-0.3, -0.25) is 24.5 Å². The number of hydrogen-bond acceptors (Lipinski definition) is 8. The summed E-state index contributed by atoms with van der Waals surface area (Å²) in [4.78, 5) is 35.6. The Labute approximate surface area is 179 Å². The Bertz CT molecular complexity index is 1190. The summed E-state index contributed by atoms with van der Waals surface area (Å²) >= 11 is 0. The number of rotatable bonds is 8. The molecule has 2 aromatic heterocycles. The van der Waals surface area contributed by atoms with Gasteiger partial charge in [-0.25, -0.2) is 14.2 Å². The molecule has 1 saturated heterocycles. The van der Waals surface area contributed by atoms with Gasteiger partial charge in [0.15, 0.2) is 5.76 Å². The lowest BCUT2D eigenvalue weighted by Crippen LogP contribution is -2.32. The van der Waals surface area contributed by atoms with Gasteiger partial charge in [-0.05, 0) is 36.8 Å². The predicted octanol–water partition coefficient (Wildman–Crippen LogP) is 2.27. The monoisotopic (exact) mass is 441 g/mol. The standard InChI is InChI=1S/C19H16FN7O5/c20-14-4-2-13(3-5-14)16-11-24(23-22-16)8-1-9-25-17(28)12-26(19(25)29)21-10-15-6-7-18(32-15)27(30)31/h2-7,10-11H,1,8-9,12H2/b21-10+. The summed E-state index contributed by atoms with van der Waals surface area (Å²) in [7, 11) is 0. The predicted molar refractivity (Wildman–Crippen MR) is 107 cm³/mol. The third kappa shape index (κ3) is 4.50. The van der Waals surface area contributed by atoms with Crippen LogP contribution >= 0.6 is 0 Å². The topological polar surface area (TPSA) is 140 Å². The molecule has 13 heteroatoms. The van der Waals surface area contributed by atoms with E-state index >= 15 is 0 Å². The van der Waals surface area contributed by atoms with E-state index in [-0.39, 0.29) is 24.7 Å². The fourth-order valence-electron chi connectivity index (χ4n) is 3.03. The molecule has 0 saturated carbocycles. The molecule has 1 fully saturated rings. The van der Waals surface area contributed by atoms with Gasteiger partial charge < -0.3 is 4.42 Å². The third-order valence-corrected chi connectivity index (χ3v) is 4.60. The zero-order valence-corrected chi connectivity index (χ0v) is 16.5. The number of amides is 3. The molecule has 3 heterocycles. The first-order chi connectivity index (χ1) is 15.4. The zero-order chi connectivity index (χ0) is 22.7. The van der Waals surface area contributed by atoms with E-state index in [4.69, 9.17) is 4.42 Å². The second-order valence-corrected chi connectivity index (χ2v) is 6.79. The van der Waals surface area contributed by atoms with Crippen molar-refractivity contribution in [2.75, 3.05) is 13.1 Å². The Kier molecular flexibility index (Phi) is 5.70. The Morgan fingerprint density at radius 2 is 1.97 bits per heavy atom. The summed E-state index contributed by atoms with van der Waals surface area (Å²) in [5.41, 5.74) is 1.30. The van der Waals surface area contributed by atoms with Crippen LogP contribution in [0.25, 0.3) is 11.3 Å².